The van der Waals surface area contributed by atoms with E-state index in [1.54, 1.807) is 0 Å². The summed E-state index contributed by atoms with van der Waals surface area (Å²) in [4.78, 5) is 0. The van der Waals surface area contributed by atoms with Crippen molar-refractivity contribution >= 4 is 15.9 Å². The second-order valence-electron chi connectivity index (χ2n) is 5.69. The summed E-state index contributed by atoms with van der Waals surface area (Å²) in [5.41, 5.74) is 2.42. The Morgan fingerprint density at radius 3 is 2.25 bits per heavy atom. The van der Waals surface area contributed by atoms with Gasteiger partial charge in [-0.3, -0.25) is 0 Å². The smallest absolute Gasteiger partial charge is 0.0677 e. The molecule has 1 saturated carbocycles. The molecule has 0 amide bonds. The van der Waals surface area contributed by atoms with E-state index in [1.807, 2.05) is 24.3 Å². The molecular weight excluding hydrogens is 312 g/mol. The fraction of sp³-hybridized carbons (Fsp3) is 0.333. The summed E-state index contributed by atoms with van der Waals surface area (Å²) >= 11 is 3.58. The Labute approximate surface area is 128 Å². The molecule has 104 valence electrons. The van der Waals surface area contributed by atoms with E-state index in [0.29, 0.717) is 6.42 Å². The van der Waals surface area contributed by atoms with Gasteiger partial charge in [-0.25, -0.2) is 0 Å². The van der Waals surface area contributed by atoms with Gasteiger partial charge in [0.1, 0.15) is 0 Å². The van der Waals surface area contributed by atoms with Crippen LogP contribution in [0.3, 0.4) is 0 Å². The lowest BCUT2D eigenvalue weighted by molar-refractivity contribution is 0.0285. The molecular formula is C18H19BrO. The number of hydrogen-bond donors (Lipinski definition) is 1. The summed E-state index contributed by atoms with van der Waals surface area (Å²) in [7, 11) is 0. The fourth-order valence-electron chi connectivity index (χ4n) is 3.21. The first kappa shape index (κ1) is 13.8. The molecule has 2 aromatic rings. The SMILES string of the molecule is OC(Cc1ccccc1Br)C1(c2ccccc2)CCC1. The summed E-state index contributed by atoms with van der Waals surface area (Å²) in [5.74, 6) is 0. The van der Waals surface area contributed by atoms with Crippen molar-refractivity contribution in [3.63, 3.8) is 0 Å². The molecule has 2 aromatic carbocycles. The second-order valence-corrected chi connectivity index (χ2v) is 6.54. The zero-order chi connectivity index (χ0) is 14.0. The van der Waals surface area contributed by atoms with Crippen LogP contribution in [0.4, 0.5) is 0 Å². The van der Waals surface area contributed by atoms with Crippen LogP contribution in [-0.4, -0.2) is 11.2 Å². The van der Waals surface area contributed by atoms with Crippen LogP contribution >= 0.6 is 15.9 Å². The highest BCUT2D eigenvalue weighted by Crippen LogP contribution is 2.47. The third-order valence-corrected chi connectivity index (χ3v) is 5.38. The molecule has 20 heavy (non-hydrogen) atoms. The summed E-state index contributed by atoms with van der Waals surface area (Å²) in [5, 5.41) is 10.8. The van der Waals surface area contributed by atoms with Gasteiger partial charge >= 0.3 is 0 Å². The van der Waals surface area contributed by atoms with Gasteiger partial charge in [-0.05, 0) is 30.0 Å². The lowest BCUT2D eigenvalue weighted by atomic mass is 9.60. The standard InChI is InChI=1S/C18H19BrO/c19-16-10-5-4-7-14(16)13-17(20)18(11-6-12-18)15-8-2-1-3-9-15/h1-5,7-10,17,20H,6,11-13H2. The largest absolute Gasteiger partial charge is 0.392 e. The van der Waals surface area contributed by atoms with Crippen LogP contribution in [0.15, 0.2) is 59.1 Å². The highest BCUT2D eigenvalue weighted by molar-refractivity contribution is 9.10. The molecule has 3 rings (SSSR count). The number of halogens is 1. The number of aliphatic hydroxyl groups is 1. The Balaban J connectivity index is 1.85. The first-order valence-corrected chi connectivity index (χ1v) is 7.99. The van der Waals surface area contributed by atoms with Gasteiger partial charge in [0, 0.05) is 16.3 Å². The van der Waals surface area contributed by atoms with Crippen molar-refractivity contribution in [2.24, 2.45) is 0 Å². The molecule has 1 N–H and O–H groups in total. The van der Waals surface area contributed by atoms with E-state index in [4.69, 9.17) is 0 Å². The minimum absolute atomic E-state index is 0.0451. The van der Waals surface area contributed by atoms with Crippen molar-refractivity contribution in [2.45, 2.75) is 37.2 Å². The van der Waals surface area contributed by atoms with Crippen LogP contribution in [0.25, 0.3) is 0 Å². The maximum Gasteiger partial charge on any atom is 0.0677 e. The van der Waals surface area contributed by atoms with Gasteiger partial charge < -0.3 is 5.11 Å². The van der Waals surface area contributed by atoms with E-state index in [1.165, 1.54) is 17.5 Å². The summed E-state index contributed by atoms with van der Waals surface area (Å²) in [6, 6.07) is 18.7. The third-order valence-electron chi connectivity index (χ3n) is 4.60. The first-order valence-electron chi connectivity index (χ1n) is 7.19. The van der Waals surface area contributed by atoms with Gasteiger partial charge in [0.25, 0.3) is 0 Å². The van der Waals surface area contributed by atoms with E-state index in [-0.39, 0.29) is 11.5 Å². The van der Waals surface area contributed by atoms with Crippen LogP contribution in [0.5, 0.6) is 0 Å². The Kier molecular flexibility index (Phi) is 3.95. The Morgan fingerprint density at radius 2 is 1.65 bits per heavy atom. The number of benzene rings is 2. The molecule has 1 aliphatic carbocycles. The molecule has 0 bridgehead atoms. The Morgan fingerprint density at radius 1 is 1.00 bits per heavy atom. The average molecular weight is 331 g/mol. The van der Waals surface area contributed by atoms with Gasteiger partial charge in [0.2, 0.25) is 0 Å². The number of hydrogen-bond acceptors (Lipinski definition) is 1. The average Bonchev–Trinajstić information content (AvgIpc) is 2.41. The van der Waals surface area contributed by atoms with Gasteiger partial charge in [0.05, 0.1) is 6.10 Å². The predicted octanol–water partition coefficient (Wildman–Crippen LogP) is 4.47. The van der Waals surface area contributed by atoms with Crippen LogP contribution < -0.4 is 0 Å². The van der Waals surface area contributed by atoms with Gasteiger partial charge in [-0.2, -0.15) is 0 Å². The van der Waals surface area contributed by atoms with E-state index in [9.17, 15) is 5.11 Å². The van der Waals surface area contributed by atoms with Crippen molar-refractivity contribution < 1.29 is 5.11 Å². The van der Waals surface area contributed by atoms with E-state index in [0.717, 1.165) is 17.3 Å². The molecule has 0 spiro atoms. The van der Waals surface area contributed by atoms with Gasteiger partial charge in [-0.15, -0.1) is 0 Å². The summed E-state index contributed by atoms with van der Waals surface area (Å²) in [6.45, 7) is 0. The van der Waals surface area contributed by atoms with E-state index in [2.05, 4.69) is 46.3 Å². The highest BCUT2D eigenvalue weighted by Gasteiger charge is 2.44. The van der Waals surface area contributed by atoms with Crippen molar-refractivity contribution in [3.05, 3.63) is 70.2 Å². The third kappa shape index (κ3) is 2.43. The first-order chi connectivity index (χ1) is 9.72. The van der Waals surface area contributed by atoms with Gasteiger partial charge in [0.15, 0.2) is 0 Å². The van der Waals surface area contributed by atoms with E-state index >= 15 is 0 Å². The Hall–Kier alpha value is -1.12. The molecule has 1 atom stereocenters. The van der Waals surface area contributed by atoms with Crippen LogP contribution in [0, 0.1) is 0 Å². The molecule has 1 aliphatic rings. The van der Waals surface area contributed by atoms with E-state index < -0.39 is 0 Å². The number of rotatable bonds is 4. The lowest BCUT2D eigenvalue weighted by Gasteiger charge is -2.46. The van der Waals surface area contributed by atoms with Crippen LogP contribution in [-0.2, 0) is 11.8 Å². The zero-order valence-electron chi connectivity index (χ0n) is 11.4. The Bertz CT molecular complexity index is 575. The molecule has 1 unspecified atom stereocenters. The second kappa shape index (κ2) is 5.71. The lowest BCUT2D eigenvalue weighted by Crippen LogP contribution is -2.46. The minimum atomic E-state index is -0.322. The predicted molar refractivity (Wildman–Crippen MR) is 85.8 cm³/mol. The van der Waals surface area contributed by atoms with Gasteiger partial charge in [-0.1, -0.05) is 70.9 Å². The van der Waals surface area contributed by atoms with Crippen molar-refractivity contribution in [1.29, 1.82) is 0 Å². The maximum atomic E-state index is 10.8. The molecule has 0 aliphatic heterocycles. The number of aliphatic hydroxyl groups excluding tert-OH is 1. The van der Waals surface area contributed by atoms with Crippen LogP contribution in [0.2, 0.25) is 0 Å². The quantitative estimate of drug-likeness (QED) is 0.876. The summed E-state index contributed by atoms with van der Waals surface area (Å²) < 4.78 is 1.08. The monoisotopic (exact) mass is 330 g/mol. The van der Waals surface area contributed by atoms with Crippen molar-refractivity contribution in [3.8, 4) is 0 Å². The molecule has 0 saturated heterocycles. The molecule has 0 heterocycles. The summed E-state index contributed by atoms with van der Waals surface area (Å²) in [6.07, 6.45) is 3.76. The minimum Gasteiger partial charge on any atom is -0.392 e. The molecule has 1 nitrogen and oxygen atoms in total. The van der Waals surface area contributed by atoms with Crippen LogP contribution in [0.1, 0.15) is 30.4 Å². The zero-order valence-corrected chi connectivity index (χ0v) is 13.0. The molecule has 1 fully saturated rings. The topological polar surface area (TPSA) is 20.2 Å². The molecule has 2 heteroatoms. The van der Waals surface area contributed by atoms with Crippen molar-refractivity contribution in [2.75, 3.05) is 0 Å². The molecule has 0 aromatic heterocycles. The molecule has 0 radical (unpaired) electrons. The maximum absolute atomic E-state index is 10.8. The highest BCUT2D eigenvalue weighted by atomic mass is 79.9. The fourth-order valence-corrected chi connectivity index (χ4v) is 3.66. The normalized spacial score (nSPS) is 18.3. The van der Waals surface area contributed by atoms with Crippen molar-refractivity contribution in [1.82, 2.24) is 0 Å².